The maximum atomic E-state index is 12.1. The Kier molecular flexibility index (Phi) is 4.26. The minimum Gasteiger partial charge on any atom is -0.464 e. The number of aromatic nitrogens is 4. The fourth-order valence-electron chi connectivity index (χ4n) is 2.95. The summed E-state index contributed by atoms with van der Waals surface area (Å²) in [5, 5.41) is 13.0. The standard InChI is InChI=1S/C18H19N5O3/c1-2-26-18-19-4-3-13(22-18)15-7-11-9-20-16(8-14(11)21-15)23-17(25)10-5-12(24)6-10/h3-4,7-10,12,21,24H,2,5-6H2,1H3,(H,20,23,25). The number of nitrogens with one attached hydrogen (secondary N) is 2. The Bertz CT molecular complexity index is 949. The number of rotatable bonds is 5. The minimum absolute atomic E-state index is 0.105. The topological polar surface area (TPSA) is 113 Å². The monoisotopic (exact) mass is 353 g/mol. The Balaban J connectivity index is 1.56. The first-order valence-corrected chi connectivity index (χ1v) is 8.56. The first-order valence-electron chi connectivity index (χ1n) is 8.56. The maximum Gasteiger partial charge on any atom is 0.316 e. The number of H-pyrrole nitrogens is 1. The van der Waals surface area contributed by atoms with E-state index in [1.165, 1.54) is 0 Å². The van der Waals surface area contributed by atoms with Crippen molar-refractivity contribution in [1.82, 2.24) is 19.9 Å². The summed E-state index contributed by atoms with van der Waals surface area (Å²) in [5.41, 5.74) is 2.37. The van der Waals surface area contributed by atoms with Crippen molar-refractivity contribution in [1.29, 1.82) is 0 Å². The average molecular weight is 353 g/mol. The predicted octanol–water partition coefficient (Wildman–Crippen LogP) is 2.13. The highest BCUT2D eigenvalue weighted by Gasteiger charge is 2.33. The molecule has 1 fully saturated rings. The number of ether oxygens (including phenoxy) is 1. The van der Waals surface area contributed by atoms with Gasteiger partial charge in [-0.1, -0.05) is 0 Å². The third-order valence-corrected chi connectivity index (χ3v) is 4.42. The zero-order valence-electron chi connectivity index (χ0n) is 14.3. The second-order valence-electron chi connectivity index (χ2n) is 6.31. The van der Waals surface area contributed by atoms with Crippen LogP contribution >= 0.6 is 0 Å². The van der Waals surface area contributed by atoms with E-state index in [-0.39, 0.29) is 17.9 Å². The van der Waals surface area contributed by atoms with Gasteiger partial charge in [-0.25, -0.2) is 9.97 Å². The lowest BCUT2D eigenvalue weighted by Crippen LogP contribution is -2.37. The molecule has 8 nitrogen and oxygen atoms in total. The molecule has 8 heteroatoms. The van der Waals surface area contributed by atoms with Crippen LogP contribution in [0.5, 0.6) is 6.01 Å². The molecule has 0 saturated heterocycles. The first-order chi connectivity index (χ1) is 12.6. The van der Waals surface area contributed by atoms with E-state index in [0.717, 1.165) is 16.6 Å². The highest BCUT2D eigenvalue weighted by atomic mass is 16.5. The molecule has 0 spiro atoms. The Hall–Kier alpha value is -3.00. The molecular formula is C18H19N5O3. The number of hydrogen-bond acceptors (Lipinski definition) is 6. The predicted molar refractivity (Wildman–Crippen MR) is 95.6 cm³/mol. The van der Waals surface area contributed by atoms with Crippen molar-refractivity contribution in [2.75, 3.05) is 11.9 Å². The Morgan fingerprint density at radius 2 is 2.23 bits per heavy atom. The van der Waals surface area contributed by atoms with Gasteiger partial charge in [-0.05, 0) is 31.9 Å². The summed E-state index contributed by atoms with van der Waals surface area (Å²) in [6.45, 7) is 2.38. The number of amides is 1. The highest BCUT2D eigenvalue weighted by Crippen LogP contribution is 2.29. The second-order valence-corrected chi connectivity index (χ2v) is 6.31. The van der Waals surface area contributed by atoms with Gasteiger partial charge in [0.25, 0.3) is 0 Å². The molecule has 0 atom stereocenters. The lowest BCUT2D eigenvalue weighted by atomic mass is 9.82. The van der Waals surface area contributed by atoms with Crippen molar-refractivity contribution < 1.29 is 14.6 Å². The fourth-order valence-corrected chi connectivity index (χ4v) is 2.95. The van der Waals surface area contributed by atoms with Crippen molar-refractivity contribution in [3.05, 3.63) is 30.6 Å². The van der Waals surface area contributed by atoms with E-state index < -0.39 is 0 Å². The smallest absolute Gasteiger partial charge is 0.316 e. The maximum absolute atomic E-state index is 12.1. The van der Waals surface area contributed by atoms with E-state index >= 15 is 0 Å². The number of pyridine rings is 1. The number of hydrogen-bond donors (Lipinski definition) is 3. The van der Waals surface area contributed by atoms with Crippen LogP contribution in [-0.2, 0) is 4.79 Å². The zero-order valence-corrected chi connectivity index (χ0v) is 14.3. The van der Waals surface area contributed by atoms with Gasteiger partial charge in [0, 0.05) is 29.8 Å². The number of carbonyl (C=O) groups excluding carboxylic acids is 1. The van der Waals surface area contributed by atoms with Crippen LogP contribution in [0, 0.1) is 5.92 Å². The molecule has 1 aliphatic rings. The van der Waals surface area contributed by atoms with E-state index in [9.17, 15) is 9.90 Å². The molecule has 3 aromatic rings. The largest absolute Gasteiger partial charge is 0.464 e. The molecule has 134 valence electrons. The van der Waals surface area contributed by atoms with Gasteiger partial charge in [0.2, 0.25) is 5.91 Å². The molecule has 1 aliphatic carbocycles. The number of carbonyl (C=O) groups is 1. The Morgan fingerprint density at radius 1 is 1.38 bits per heavy atom. The van der Waals surface area contributed by atoms with Crippen LogP contribution in [0.2, 0.25) is 0 Å². The molecule has 0 unspecified atom stereocenters. The quantitative estimate of drug-likeness (QED) is 0.648. The third kappa shape index (κ3) is 3.23. The molecule has 4 rings (SSSR count). The van der Waals surface area contributed by atoms with Crippen LogP contribution in [-0.4, -0.2) is 43.7 Å². The van der Waals surface area contributed by atoms with Gasteiger partial charge < -0.3 is 20.1 Å². The lowest BCUT2D eigenvalue weighted by Gasteiger charge is -2.29. The van der Waals surface area contributed by atoms with E-state index in [1.807, 2.05) is 13.0 Å². The molecule has 3 aromatic heterocycles. The molecule has 26 heavy (non-hydrogen) atoms. The van der Waals surface area contributed by atoms with Crippen LogP contribution < -0.4 is 10.1 Å². The molecule has 3 N–H and O–H groups in total. The molecule has 0 radical (unpaired) electrons. The molecule has 1 saturated carbocycles. The van der Waals surface area contributed by atoms with Crippen LogP contribution in [0.15, 0.2) is 30.6 Å². The molecule has 0 aliphatic heterocycles. The zero-order chi connectivity index (χ0) is 18.1. The second kappa shape index (κ2) is 6.72. The van der Waals surface area contributed by atoms with E-state index in [1.54, 1.807) is 24.5 Å². The third-order valence-electron chi connectivity index (χ3n) is 4.42. The summed E-state index contributed by atoms with van der Waals surface area (Å²) in [7, 11) is 0. The summed E-state index contributed by atoms with van der Waals surface area (Å²) >= 11 is 0. The number of anilines is 1. The number of fused-ring (bicyclic) bond motifs is 1. The van der Waals surface area contributed by atoms with Gasteiger partial charge in [0.05, 0.1) is 29.6 Å². The number of aliphatic hydroxyl groups is 1. The highest BCUT2D eigenvalue weighted by molar-refractivity contribution is 5.94. The normalized spacial score (nSPS) is 19.2. The summed E-state index contributed by atoms with van der Waals surface area (Å²) < 4.78 is 5.34. The van der Waals surface area contributed by atoms with E-state index in [2.05, 4.69) is 25.3 Å². The lowest BCUT2D eigenvalue weighted by molar-refractivity contribution is -0.126. The van der Waals surface area contributed by atoms with Crippen molar-refractivity contribution in [3.8, 4) is 17.4 Å². The summed E-state index contributed by atoms with van der Waals surface area (Å²) in [6, 6.07) is 5.85. The van der Waals surface area contributed by atoms with Crippen molar-refractivity contribution >= 4 is 22.6 Å². The molecule has 0 bridgehead atoms. The summed E-state index contributed by atoms with van der Waals surface area (Å²) in [4.78, 5) is 28.1. The van der Waals surface area contributed by atoms with Crippen molar-refractivity contribution in [2.45, 2.75) is 25.9 Å². The van der Waals surface area contributed by atoms with Gasteiger partial charge in [-0.2, -0.15) is 4.98 Å². The minimum atomic E-state index is -0.360. The number of aromatic amines is 1. The van der Waals surface area contributed by atoms with Crippen LogP contribution in [0.25, 0.3) is 22.3 Å². The first kappa shape index (κ1) is 16.5. The van der Waals surface area contributed by atoms with Gasteiger partial charge in [0.15, 0.2) is 0 Å². The van der Waals surface area contributed by atoms with Gasteiger partial charge in [-0.15, -0.1) is 0 Å². The summed E-state index contributed by atoms with van der Waals surface area (Å²) in [5.74, 6) is 0.237. The number of aliphatic hydroxyl groups excluding tert-OH is 1. The summed E-state index contributed by atoms with van der Waals surface area (Å²) in [6.07, 6.45) is 4.01. The SMILES string of the molecule is CCOc1nccc(-c2cc3cnc(NC(=O)C4CC(O)C4)cc3[nH]2)n1. The van der Waals surface area contributed by atoms with Gasteiger partial charge in [-0.3, -0.25) is 4.79 Å². The van der Waals surface area contributed by atoms with E-state index in [4.69, 9.17) is 4.74 Å². The van der Waals surface area contributed by atoms with Gasteiger partial charge in [0.1, 0.15) is 5.82 Å². The van der Waals surface area contributed by atoms with Gasteiger partial charge >= 0.3 is 6.01 Å². The molecule has 0 aromatic carbocycles. The number of nitrogens with zero attached hydrogens (tertiary/aromatic N) is 3. The van der Waals surface area contributed by atoms with Crippen molar-refractivity contribution in [2.24, 2.45) is 5.92 Å². The van der Waals surface area contributed by atoms with Crippen LogP contribution in [0.4, 0.5) is 5.82 Å². The Labute approximate surface area is 149 Å². The van der Waals surface area contributed by atoms with Crippen molar-refractivity contribution in [3.63, 3.8) is 0 Å². The molecule has 3 heterocycles. The van der Waals surface area contributed by atoms with Crippen LogP contribution in [0.3, 0.4) is 0 Å². The average Bonchev–Trinajstić information content (AvgIpc) is 3.03. The van der Waals surface area contributed by atoms with E-state index in [0.29, 0.717) is 37.0 Å². The van der Waals surface area contributed by atoms with Crippen LogP contribution in [0.1, 0.15) is 19.8 Å². The molecule has 1 amide bonds. The Morgan fingerprint density at radius 3 is 3.00 bits per heavy atom. The fraction of sp³-hybridized carbons (Fsp3) is 0.333. The molecular weight excluding hydrogens is 334 g/mol.